The molecule has 144 valence electrons. The third-order valence-electron chi connectivity index (χ3n) is 4.07. The Balaban J connectivity index is 1.73. The Morgan fingerprint density at radius 3 is 2.21 bits per heavy atom. The van der Waals surface area contributed by atoms with Crippen LogP contribution in [-0.2, 0) is 10.0 Å². The Bertz CT molecular complexity index is 1110. The van der Waals surface area contributed by atoms with Gasteiger partial charge in [0.2, 0.25) is 10.0 Å². The van der Waals surface area contributed by atoms with Gasteiger partial charge in [0.15, 0.2) is 5.78 Å². The number of ketones is 1. The summed E-state index contributed by atoms with van der Waals surface area (Å²) in [6.45, 7) is 0. The fourth-order valence-corrected chi connectivity index (χ4v) is 3.37. The predicted molar refractivity (Wildman–Crippen MR) is 105 cm³/mol. The summed E-state index contributed by atoms with van der Waals surface area (Å²) in [6, 6.07) is 15.1. The zero-order chi connectivity index (χ0) is 20.3. The molecule has 0 atom stereocenters. The van der Waals surface area contributed by atoms with E-state index in [4.69, 9.17) is 4.42 Å². The van der Waals surface area contributed by atoms with Gasteiger partial charge in [0.05, 0.1) is 4.90 Å². The van der Waals surface area contributed by atoms with Gasteiger partial charge in [-0.3, -0.25) is 4.79 Å². The molecule has 7 heteroatoms. The number of nitrogens with zero attached hydrogens (tertiary/aromatic N) is 1. The zero-order valence-corrected chi connectivity index (χ0v) is 16.1. The largest absolute Gasteiger partial charge is 0.457 e. The van der Waals surface area contributed by atoms with E-state index in [0.717, 1.165) is 9.87 Å². The van der Waals surface area contributed by atoms with Gasteiger partial charge in [-0.2, -0.15) is 0 Å². The minimum absolute atomic E-state index is 0.119. The van der Waals surface area contributed by atoms with E-state index < -0.39 is 10.0 Å². The first kappa shape index (κ1) is 19.7. The van der Waals surface area contributed by atoms with E-state index in [1.54, 1.807) is 24.3 Å². The maximum absolute atomic E-state index is 13.0. The summed E-state index contributed by atoms with van der Waals surface area (Å²) in [5.41, 5.74) is 1.09. The van der Waals surface area contributed by atoms with Crippen LogP contribution >= 0.6 is 0 Å². The molecule has 1 heterocycles. The van der Waals surface area contributed by atoms with Crippen LogP contribution in [0.15, 0.2) is 76.1 Å². The second-order valence-corrected chi connectivity index (χ2v) is 8.37. The topological polar surface area (TPSA) is 67.6 Å². The van der Waals surface area contributed by atoms with Crippen molar-refractivity contribution in [2.24, 2.45) is 0 Å². The van der Waals surface area contributed by atoms with E-state index in [-0.39, 0.29) is 16.5 Å². The van der Waals surface area contributed by atoms with Crippen molar-refractivity contribution in [3.63, 3.8) is 0 Å². The summed E-state index contributed by atoms with van der Waals surface area (Å²) in [6.07, 6.45) is 2.88. The van der Waals surface area contributed by atoms with Crippen molar-refractivity contribution in [3.8, 4) is 11.3 Å². The third-order valence-corrected chi connectivity index (χ3v) is 5.90. The number of benzene rings is 2. The lowest BCUT2D eigenvalue weighted by atomic mass is 10.1. The SMILES string of the molecule is CN(C)S(=O)(=O)c1ccc(C(=O)/C=C/c2ccc(-c3ccc(F)cc3)o2)cc1. The van der Waals surface area contributed by atoms with Gasteiger partial charge in [-0.1, -0.05) is 0 Å². The molecule has 28 heavy (non-hydrogen) atoms. The second-order valence-electron chi connectivity index (χ2n) is 6.22. The lowest BCUT2D eigenvalue weighted by Gasteiger charge is -2.11. The van der Waals surface area contributed by atoms with Crippen LogP contribution in [-0.4, -0.2) is 32.6 Å². The summed E-state index contributed by atoms with van der Waals surface area (Å²) in [5, 5.41) is 0. The Hall–Kier alpha value is -3.03. The molecule has 0 spiro atoms. The number of sulfonamides is 1. The molecule has 0 unspecified atom stereocenters. The first-order valence-corrected chi connectivity index (χ1v) is 9.82. The standard InChI is InChI=1S/C21H18FNO4S/c1-23(2)28(25,26)19-11-5-15(6-12-19)20(24)13-9-18-10-14-21(27-18)16-3-7-17(22)8-4-16/h3-14H,1-2H3/b13-9+. The summed E-state index contributed by atoms with van der Waals surface area (Å²) in [5.74, 6) is 0.420. The van der Waals surface area contributed by atoms with Gasteiger partial charge in [0.1, 0.15) is 17.3 Å². The summed E-state index contributed by atoms with van der Waals surface area (Å²) < 4.78 is 43.9. The average molecular weight is 399 g/mol. The molecule has 0 N–H and O–H groups in total. The lowest BCUT2D eigenvalue weighted by Crippen LogP contribution is -2.22. The molecule has 5 nitrogen and oxygen atoms in total. The van der Waals surface area contributed by atoms with Crippen molar-refractivity contribution in [2.45, 2.75) is 4.90 Å². The van der Waals surface area contributed by atoms with Gasteiger partial charge in [0.25, 0.3) is 0 Å². The minimum Gasteiger partial charge on any atom is -0.457 e. The Labute approximate surface area is 162 Å². The van der Waals surface area contributed by atoms with Gasteiger partial charge in [-0.25, -0.2) is 17.1 Å². The minimum atomic E-state index is -3.54. The van der Waals surface area contributed by atoms with Crippen LogP contribution in [0.2, 0.25) is 0 Å². The van der Waals surface area contributed by atoms with Crippen LogP contribution in [0.3, 0.4) is 0 Å². The zero-order valence-electron chi connectivity index (χ0n) is 15.3. The van der Waals surface area contributed by atoms with Crippen LogP contribution in [0.4, 0.5) is 4.39 Å². The lowest BCUT2D eigenvalue weighted by molar-refractivity contribution is 0.104. The summed E-state index contributed by atoms with van der Waals surface area (Å²) >= 11 is 0. The normalized spacial score (nSPS) is 12.0. The van der Waals surface area contributed by atoms with E-state index in [2.05, 4.69) is 0 Å². The molecule has 1 aromatic heterocycles. The second kappa shape index (κ2) is 7.92. The molecule has 3 aromatic rings. The molecule has 0 bridgehead atoms. The monoisotopic (exact) mass is 399 g/mol. The molecule has 0 aliphatic rings. The number of allylic oxidation sites excluding steroid dienone is 1. The van der Waals surface area contributed by atoms with Crippen LogP contribution in [0, 0.1) is 5.82 Å². The number of hydrogen-bond donors (Lipinski definition) is 0. The maximum atomic E-state index is 13.0. The maximum Gasteiger partial charge on any atom is 0.242 e. The van der Waals surface area contributed by atoms with E-state index in [1.807, 2.05) is 0 Å². The molecular weight excluding hydrogens is 381 g/mol. The van der Waals surface area contributed by atoms with Gasteiger partial charge in [-0.05, 0) is 72.8 Å². The van der Waals surface area contributed by atoms with Gasteiger partial charge < -0.3 is 4.42 Å². The van der Waals surface area contributed by atoms with Crippen molar-refractivity contribution in [1.29, 1.82) is 0 Å². The molecule has 0 saturated carbocycles. The molecule has 0 radical (unpaired) electrons. The summed E-state index contributed by atoms with van der Waals surface area (Å²) in [4.78, 5) is 12.4. The highest BCUT2D eigenvalue weighted by Gasteiger charge is 2.17. The Morgan fingerprint density at radius 1 is 0.964 bits per heavy atom. The fraction of sp³-hybridized carbons (Fsp3) is 0.0952. The Kier molecular flexibility index (Phi) is 5.58. The number of rotatable bonds is 6. The highest BCUT2D eigenvalue weighted by atomic mass is 32.2. The van der Waals surface area contributed by atoms with E-state index in [9.17, 15) is 17.6 Å². The fourth-order valence-electron chi connectivity index (χ4n) is 2.47. The van der Waals surface area contributed by atoms with Crippen molar-refractivity contribution >= 4 is 21.9 Å². The summed E-state index contributed by atoms with van der Waals surface area (Å²) in [7, 11) is -0.645. The molecule has 0 fully saturated rings. The quantitative estimate of drug-likeness (QED) is 0.459. The molecule has 2 aromatic carbocycles. The first-order valence-electron chi connectivity index (χ1n) is 8.38. The van der Waals surface area contributed by atoms with Gasteiger partial charge >= 0.3 is 0 Å². The van der Waals surface area contributed by atoms with E-state index in [1.165, 1.54) is 62.6 Å². The number of carbonyl (C=O) groups excluding carboxylic acids is 1. The van der Waals surface area contributed by atoms with Crippen LogP contribution in [0.25, 0.3) is 17.4 Å². The van der Waals surface area contributed by atoms with Gasteiger partial charge in [-0.15, -0.1) is 0 Å². The first-order chi connectivity index (χ1) is 13.3. The number of carbonyl (C=O) groups is 1. The highest BCUT2D eigenvalue weighted by Crippen LogP contribution is 2.23. The van der Waals surface area contributed by atoms with E-state index >= 15 is 0 Å². The van der Waals surface area contributed by atoms with Crippen LogP contribution in [0.5, 0.6) is 0 Å². The number of halogens is 1. The highest BCUT2D eigenvalue weighted by molar-refractivity contribution is 7.89. The van der Waals surface area contributed by atoms with Crippen molar-refractivity contribution in [2.75, 3.05) is 14.1 Å². The Morgan fingerprint density at radius 2 is 1.61 bits per heavy atom. The smallest absolute Gasteiger partial charge is 0.242 e. The number of furan rings is 1. The number of hydrogen-bond acceptors (Lipinski definition) is 4. The van der Waals surface area contributed by atoms with Crippen molar-refractivity contribution < 1.29 is 22.0 Å². The molecule has 0 aliphatic carbocycles. The molecule has 3 rings (SSSR count). The van der Waals surface area contributed by atoms with Crippen molar-refractivity contribution in [1.82, 2.24) is 4.31 Å². The molecular formula is C21H18FNO4S. The molecule has 0 saturated heterocycles. The average Bonchev–Trinajstić information content (AvgIpc) is 3.15. The van der Waals surface area contributed by atoms with Crippen LogP contribution < -0.4 is 0 Å². The molecule has 0 amide bonds. The predicted octanol–water partition coefficient (Wildman–Crippen LogP) is 4.23. The molecule has 0 aliphatic heterocycles. The van der Waals surface area contributed by atoms with Crippen LogP contribution in [0.1, 0.15) is 16.1 Å². The van der Waals surface area contributed by atoms with Crippen molar-refractivity contribution in [3.05, 3.63) is 83.9 Å². The van der Waals surface area contributed by atoms with E-state index in [0.29, 0.717) is 17.1 Å². The van der Waals surface area contributed by atoms with Gasteiger partial charge in [0, 0.05) is 25.2 Å². The third kappa shape index (κ3) is 4.27.